The molecule has 0 saturated heterocycles. The molecular weight excluding hydrogens is 220 g/mol. The topological polar surface area (TPSA) is 34.1 Å². The van der Waals surface area contributed by atoms with Gasteiger partial charge in [0.1, 0.15) is 0 Å². The van der Waals surface area contributed by atoms with Gasteiger partial charge in [0.15, 0.2) is 0 Å². The zero-order chi connectivity index (χ0) is 12.0. The van der Waals surface area contributed by atoms with Crippen molar-refractivity contribution in [2.75, 3.05) is 13.7 Å². The molecule has 0 fully saturated rings. The van der Waals surface area contributed by atoms with Crippen LogP contribution in [0.3, 0.4) is 0 Å². The predicted octanol–water partition coefficient (Wildman–Crippen LogP) is 2.66. The summed E-state index contributed by atoms with van der Waals surface area (Å²) >= 11 is 1.78. The first-order valence-corrected chi connectivity index (χ1v) is 6.64. The lowest BCUT2D eigenvalue weighted by Crippen LogP contribution is -2.32. The fourth-order valence-corrected chi connectivity index (χ4v) is 2.66. The van der Waals surface area contributed by atoms with Gasteiger partial charge in [0, 0.05) is 24.6 Å². The van der Waals surface area contributed by atoms with Gasteiger partial charge in [0.25, 0.3) is 0 Å². The monoisotopic (exact) mass is 242 g/mol. The number of nitrogens with zero attached hydrogens (tertiary/aromatic N) is 1. The highest BCUT2D eigenvalue weighted by atomic mass is 32.1. The van der Waals surface area contributed by atoms with Crippen LogP contribution in [0.2, 0.25) is 0 Å². The van der Waals surface area contributed by atoms with Crippen LogP contribution in [0.4, 0.5) is 0 Å². The summed E-state index contributed by atoms with van der Waals surface area (Å²) in [7, 11) is 1.76. The molecule has 0 aliphatic carbocycles. The van der Waals surface area contributed by atoms with Gasteiger partial charge in [-0.2, -0.15) is 0 Å². The van der Waals surface area contributed by atoms with Crippen LogP contribution >= 0.6 is 11.3 Å². The van der Waals surface area contributed by atoms with E-state index in [-0.39, 0.29) is 0 Å². The number of hydrogen-bond donors (Lipinski definition) is 1. The summed E-state index contributed by atoms with van der Waals surface area (Å²) in [5, 5.41) is 4.68. The molecule has 0 aromatic carbocycles. The molecule has 0 amide bonds. The summed E-state index contributed by atoms with van der Waals surface area (Å²) in [6.07, 6.45) is 2.34. The Morgan fingerprint density at radius 2 is 2.19 bits per heavy atom. The molecule has 16 heavy (non-hydrogen) atoms. The van der Waals surface area contributed by atoms with E-state index in [1.165, 1.54) is 11.3 Å². The summed E-state index contributed by atoms with van der Waals surface area (Å²) in [4.78, 5) is 5.77. The minimum Gasteiger partial charge on any atom is -0.383 e. The van der Waals surface area contributed by atoms with Crippen molar-refractivity contribution < 1.29 is 4.74 Å². The van der Waals surface area contributed by atoms with Crippen molar-refractivity contribution in [2.45, 2.75) is 46.2 Å². The Hall–Kier alpha value is -0.450. The van der Waals surface area contributed by atoms with Crippen molar-refractivity contribution in [1.29, 1.82) is 0 Å². The lowest BCUT2D eigenvalue weighted by molar-refractivity contribution is 0.161. The minimum absolute atomic E-state index is 0.455. The highest BCUT2D eigenvalue weighted by Gasteiger charge is 2.09. The van der Waals surface area contributed by atoms with Crippen LogP contribution in [-0.4, -0.2) is 24.7 Å². The van der Waals surface area contributed by atoms with Gasteiger partial charge in [-0.15, -0.1) is 11.3 Å². The van der Waals surface area contributed by atoms with Crippen LogP contribution in [0.25, 0.3) is 0 Å². The molecule has 4 heteroatoms. The van der Waals surface area contributed by atoms with Crippen LogP contribution in [-0.2, 0) is 11.3 Å². The van der Waals surface area contributed by atoms with Gasteiger partial charge in [0.2, 0.25) is 0 Å². The van der Waals surface area contributed by atoms with Crippen molar-refractivity contribution in [3.8, 4) is 0 Å². The standard InChI is InChI=1S/C12H22N2OS/c1-5-6-11(8-15-4)13-7-12-9(2)14-10(3)16-12/h11,13H,5-8H2,1-4H3. The summed E-state index contributed by atoms with van der Waals surface area (Å²) < 4.78 is 5.21. The highest BCUT2D eigenvalue weighted by molar-refractivity contribution is 7.11. The van der Waals surface area contributed by atoms with Crippen LogP contribution < -0.4 is 5.32 Å². The van der Waals surface area contributed by atoms with Crippen molar-refractivity contribution in [3.63, 3.8) is 0 Å². The van der Waals surface area contributed by atoms with Gasteiger partial charge >= 0.3 is 0 Å². The van der Waals surface area contributed by atoms with Crippen molar-refractivity contribution in [3.05, 3.63) is 15.6 Å². The second-order valence-corrected chi connectivity index (χ2v) is 5.35. The van der Waals surface area contributed by atoms with E-state index in [2.05, 4.69) is 31.1 Å². The Kier molecular flexibility index (Phi) is 5.95. The number of aryl methyl sites for hydroxylation is 2. The predicted molar refractivity (Wildman–Crippen MR) is 69.0 cm³/mol. The molecule has 0 bridgehead atoms. The van der Waals surface area contributed by atoms with Gasteiger partial charge in [-0.3, -0.25) is 0 Å². The summed E-state index contributed by atoms with van der Waals surface area (Å²) in [6, 6.07) is 0.455. The lowest BCUT2D eigenvalue weighted by Gasteiger charge is -2.16. The SMILES string of the molecule is CCCC(COC)NCc1sc(C)nc1C. The first-order valence-electron chi connectivity index (χ1n) is 5.82. The van der Waals surface area contributed by atoms with E-state index in [0.717, 1.165) is 30.3 Å². The van der Waals surface area contributed by atoms with E-state index in [1.54, 1.807) is 18.4 Å². The van der Waals surface area contributed by atoms with Crippen LogP contribution in [0, 0.1) is 13.8 Å². The first kappa shape index (κ1) is 13.6. The van der Waals surface area contributed by atoms with Gasteiger partial charge < -0.3 is 10.1 Å². The molecule has 1 N–H and O–H groups in total. The number of methoxy groups -OCH3 is 1. The first-order chi connectivity index (χ1) is 7.67. The Morgan fingerprint density at radius 1 is 1.44 bits per heavy atom. The molecule has 0 spiro atoms. The van der Waals surface area contributed by atoms with Crippen molar-refractivity contribution in [2.24, 2.45) is 0 Å². The quantitative estimate of drug-likeness (QED) is 0.798. The molecule has 3 nitrogen and oxygen atoms in total. The molecule has 1 unspecified atom stereocenters. The summed E-state index contributed by atoms with van der Waals surface area (Å²) in [6.45, 7) is 8.02. The molecule has 1 aromatic heterocycles. The number of ether oxygens (including phenoxy) is 1. The number of aromatic nitrogens is 1. The van der Waals surface area contributed by atoms with E-state index in [4.69, 9.17) is 4.74 Å². The average Bonchev–Trinajstić information content (AvgIpc) is 2.54. The zero-order valence-electron chi connectivity index (χ0n) is 10.7. The zero-order valence-corrected chi connectivity index (χ0v) is 11.5. The van der Waals surface area contributed by atoms with E-state index in [0.29, 0.717) is 6.04 Å². The van der Waals surface area contributed by atoms with Crippen LogP contribution in [0.1, 0.15) is 35.3 Å². The van der Waals surface area contributed by atoms with E-state index >= 15 is 0 Å². The molecular formula is C12H22N2OS. The molecule has 1 aromatic rings. The molecule has 0 aliphatic heterocycles. The van der Waals surface area contributed by atoms with Crippen LogP contribution in [0.15, 0.2) is 0 Å². The highest BCUT2D eigenvalue weighted by Crippen LogP contribution is 2.17. The molecule has 1 rings (SSSR count). The normalized spacial score (nSPS) is 13.0. The largest absolute Gasteiger partial charge is 0.383 e. The maximum Gasteiger partial charge on any atom is 0.0900 e. The fourth-order valence-electron chi connectivity index (χ4n) is 1.77. The Bertz CT molecular complexity index is 306. The number of rotatable bonds is 7. The molecule has 0 radical (unpaired) electrons. The van der Waals surface area contributed by atoms with E-state index in [9.17, 15) is 0 Å². The third-order valence-corrected chi connectivity index (χ3v) is 3.63. The molecule has 0 saturated carbocycles. The second-order valence-electron chi connectivity index (χ2n) is 4.06. The molecule has 1 heterocycles. The summed E-state index contributed by atoms with van der Waals surface area (Å²) in [5.41, 5.74) is 1.16. The Morgan fingerprint density at radius 3 is 2.69 bits per heavy atom. The fraction of sp³-hybridized carbons (Fsp3) is 0.750. The van der Waals surface area contributed by atoms with Gasteiger partial charge in [-0.05, 0) is 20.3 Å². The van der Waals surface area contributed by atoms with Crippen molar-refractivity contribution in [1.82, 2.24) is 10.3 Å². The number of nitrogens with one attached hydrogen (secondary N) is 1. The maximum absolute atomic E-state index is 5.21. The van der Waals surface area contributed by atoms with E-state index < -0.39 is 0 Å². The Balaban J connectivity index is 2.44. The van der Waals surface area contributed by atoms with E-state index in [1.807, 2.05) is 0 Å². The third kappa shape index (κ3) is 4.20. The Labute approximate surface area is 102 Å². The average molecular weight is 242 g/mol. The second kappa shape index (κ2) is 6.99. The van der Waals surface area contributed by atoms with Gasteiger partial charge in [-0.25, -0.2) is 4.98 Å². The minimum atomic E-state index is 0.455. The molecule has 1 atom stereocenters. The number of hydrogen-bond acceptors (Lipinski definition) is 4. The molecule has 92 valence electrons. The maximum atomic E-state index is 5.21. The smallest absolute Gasteiger partial charge is 0.0900 e. The lowest BCUT2D eigenvalue weighted by atomic mass is 10.2. The number of thiazole rings is 1. The molecule has 0 aliphatic rings. The van der Waals surface area contributed by atoms with Gasteiger partial charge in [-0.1, -0.05) is 13.3 Å². The van der Waals surface area contributed by atoms with Crippen molar-refractivity contribution >= 4 is 11.3 Å². The summed E-state index contributed by atoms with van der Waals surface area (Å²) in [5.74, 6) is 0. The van der Waals surface area contributed by atoms with Crippen LogP contribution in [0.5, 0.6) is 0 Å². The van der Waals surface area contributed by atoms with Gasteiger partial charge in [0.05, 0.1) is 17.3 Å². The third-order valence-electron chi connectivity index (χ3n) is 2.56.